The third-order valence-electron chi connectivity index (χ3n) is 2.66. The first-order chi connectivity index (χ1) is 9.52. The van der Waals surface area contributed by atoms with Crippen molar-refractivity contribution in [3.63, 3.8) is 0 Å². The van der Waals surface area contributed by atoms with E-state index in [4.69, 9.17) is 4.74 Å². The van der Waals surface area contributed by atoms with Gasteiger partial charge in [-0.3, -0.25) is 4.79 Å². The maximum absolute atomic E-state index is 12.2. The number of thiophene rings is 1. The molecule has 0 saturated heterocycles. The van der Waals surface area contributed by atoms with Gasteiger partial charge < -0.3 is 10.1 Å². The lowest BCUT2D eigenvalue weighted by Gasteiger charge is -2.08. The van der Waals surface area contributed by atoms with Crippen molar-refractivity contribution >= 4 is 44.8 Å². The second-order valence-electron chi connectivity index (χ2n) is 4.06. The van der Waals surface area contributed by atoms with Gasteiger partial charge in [-0.25, -0.2) is 4.79 Å². The van der Waals surface area contributed by atoms with Gasteiger partial charge in [0, 0.05) is 0 Å². The Bertz CT molecular complexity index is 647. The molecule has 0 aliphatic heterocycles. The second-order valence-corrected chi connectivity index (χ2v) is 6.43. The van der Waals surface area contributed by atoms with Gasteiger partial charge in [-0.15, -0.1) is 11.3 Å². The Morgan fingerprint density at radius 2 is 2.00 bits per heavy atom. The number of aryl methyl sites for hydroxylation is 1. The van der Waals surface area contributed by atoms with E-state index in [0.717, 1.165) is 9.35 Å². The molecule has 20 heavy (non-hydrogen) atoms. The smallest absolute Gasteiger partial charge is 0.339 e. The van der Waals surface area contributed by atoms with E-state index < -0.39 is 5.97 Å². The maximum atomic E-state index is 12.2. The van der Waals surface area contributed by atoms with Crippen molar-refractivity contribution in [3.05, 3.63) is 50.1 Å². The number of rotatable bonds is 3. The normalized spacial score (nSPS) is 10.2. The van der Waals surface area contributed by atoms with E-state index in [0.29, 0.717) is 16.1 Å². The fourth-order valence-electron chi connectivity index (χ4n) is 1.64. The van der Waals surface area contributed by atoms with Crippen molar-refractivity contribution < 1.29 is 14.3 Å². The number of esters is 1. The van der Waals surface area contributed by atoms with E-state index in [-0.39, 0.29) is 5.91 Å². The van der Waals surface area contributed by atoms with Crippen molar-refractivity contribution in [2.24, 2.45) is 0 Å². The highest BCUT2D eigenvalue weighted by Crippen LogP contribution is 2.28. The quantitative estimate of drug-likeness (QED) is 0.852. The first-order valence-electron chi connectivity index (χ1n) is 5.77. The predicted octanol–water partition coefficient (Wildman–Crippen LogP) is 3.86. The number of hydrogen-bond acceptors (Lipinski definition) is 4. The zero-order chi connectivity index (χ0) is 14.7. The Kier molecular flexibility index (Phi) is 4.57. The average molecular weight is 354 g/mol. The zero-order valence-corrected chi connectivity index (χ0v) is 13.3. The largest absolute Gasteiger partial charge is 0.465 e. The van der Waals surface area contributed by atoms with Crippen LogP contribution in [0.1, 0.15) is 25.6 Å². The number of benzene rings is 1. The summed E-state index contributed by atoms with van der Waals surface area (Å²) in [5.74, 6) is -0.732. The van der Waals surface area contributed by atoms with Gasteiger partial charge in [0.25, 0.3) is 5.91 Å². The van der Waals surface area contributed by atoms with Crippen LogP contribution in [-0.4, -0.2) is 19.0 Å². The summed E-state index contributed by atoms with van der Waals surface area (Å²) < 4.78 is 5.61. The molecule has 4 nitrogen and oxygen atoms in total. The third-order valence-corrected chi connectivity index (χ3v) is 4.80. The molecule has 0 aliphatic carbocycles. The van der Waals surface area contributed by atoms with Crippen LogP contribution in [0, 0.1) is 6.92 Å². The van der Waals surface area contributed by atoms with E-state index in [1.54, 1.807) is 30.3 Å². The molecule has 0 spiro atoms. The molecule has 1 heterocycles. The molecule has 2 aromatic rings. The van der Waals surface area contributed by atoms with Crippen LogP contribution in [0.5, 0.6) is 0 Å². The van der Waals surface area contributed by atoms with E-state index >= 15 is 0 Å². The Hall–Kier alpha value is -1.66. The number of nitrogens with one attached hydrogen (secondary N) is 1. The van der Waals surface area contributed by atoms with Crippen LogP contribution < -0.4 is 5.32 Å². The number of carbonyl (C=O) groups is 2. The summed E-state index contributed by atoms with van der Waals surface area (Å²) in [6.07, 6.45) is 0. The Labute approximate surface area is 128 Å². The number of hydrogen-bond donors (Lipinski definition) is 1. The topological polar surface area (TPSA) is 55.4 Å². The van der Waals surface area contributed by atoms with E-state index in [9.17, 15) is 9.59 Å². The Morgan fingerprint density at radius 3 is 2.60 bits per heavy atom. The van der Waals surface area contributed by atoms with Gasteiger partial charge in [0.15, 0.2) is 0 Å². The summed E-state index contributed by atoms with van der Waals surface area (Å²) in [5, 5.41) is 2.73. The molecule has 1 aromatic heterocycles. The zero-order valence-electron chi connectivity index (χ0n) is 10.9. The summed E-state index contributed by atoms with van der Waals surface area (Å²) >= 11 is 4.73. The highest BCUT2D eigenvalue weighted by Gasteiger charge is 2.16. The highest BCUT2D eigenvalue weighted by atomic mass is 79.9. The van der Waals surface area contributed by atoms with Crippen LogP contribution in [0.3, 0.4) is 0 Å². The summed E-state index contributed by atoms with van der Waals surface area (Å²) in [4.78, 5) is 24.4. The van der Waals surface area contributed by atoms with Crippen LogP contribution in [0.4, 0.5) is 5.69 Å². The Balaban J connectivity index is 2.26. The van der Waals surface area contributed by atoms with Crippen molar-refractivity contribution in [2.45, 2.75) is 6.92 Å². The van der Waals surface area contributed by atoms with Gasteiger partial charge in [-0.1, -0.05) is 12.1 Å². The average Bonchev–Trinajstić information content (AvgIpc) is 2.78. The fraction of sp³-hybridized carbons (Fsp3) is 0.143. The summed E-state index contributed by atoms with van der Waals surface area (Å²) in [6.45, 7) is 1.92. The van der Waals surface area contributed by atoms with Crippen LogP contribution >= 0.6 is 27.3 Å². The number of para-hydroxylation sites is 1. The summed E-state index contributed by atoms with van der Waals surface area (Å²) in [7, 11) is 1.31. The van der Waals surface area contributed by atoms with Crippen LogP contribution in [0.2, 0.25) is 0 Å². The monoisotopic (exact) mass is 353 g/mol. The summed E-state index contributed by atoms with van der Waals surface area (Å²) in [5.41, 5.74) is 1.77. The molecule has 0 atom stereocenters. The Morgan fingerprint density at radius 1 is 1.30 bits per heavy atom. The highest BCUT2D eigenvalue weighted by molar-refractivity contribution is 9.11. The maximum Gasteiger partial charge on any atom is 0.339 e. The van der Waals surface area contributed by atoms with Gasteiger partial charge in [0.2, 0.25) is 0 Å². The van der Waals surface area contributed by atoms with E-state index in [1.165, 1.54) is 18.4 Å². The number of anilines is 1. The van der Waals surface area contributed by atoms with Gasteiger partial charge in [0.05, 0.1) is 27.0 Å². The molecule has 0 aliphatic rings. The molecule has 0 radical (unpaired) electrons. The standard InChI is InChI=1S/C14H12BrNO3S/c1-8-7-11(20-12(8)15)13(17)16-10-6-4-3-5-9(10)14(18)19-2/h3-7H,1-2H3,(H,16,17). The first-order valence-corrected chi connectivity index (χ1v) is 7.38. The molecule has 1 N–H and O–H groups in total. The van der Waals surface area contributed by atoms with Crippen LogP contribution in [0.15, 0.2) is 34.1 Å². The summed E-state index contributed by atoms with van der Waals surface area (Å²) in [6, 6.07) is 8.53. The van der Waals surface area contributed by atoms with E-state index in [2.05, 4.69) is 21.2 Å². The molecular formula is C14H12BrNO3S. The lowest BCUT2D eigenvalue weighted by Crippen LogP contribution is -2.14. The molecule has 1 amide bonds. The van der Waals surface area contributed by atoms with Gasteiger partial charge in [-0.05, 0) is 46.6 Å². The minimum Gasteiger partial charge on any atom is -0.465 e. The molecule has 0 unspecified atom stereocenters. The van der Waals surface area contributed by atoms with E-state index in [1.807, 2.05) is 6.92 Å². The van der Waals surface area contributed by atoms with Gasteiger partial charge in [0.1, 0.15) is 0 Å². The molecular weight excluding hydrogens is 342 g/mol. The lowest BCUT2D eigenvalue weighted by atomic mass is 10.2. The molecule has 0 bridgehead atoms. The molecule has 104 valence electrons. The van der Waals surface area contributed by atoms with Crippen LogP contribution in [0.25, 0.3) is 0 Å². The SMILES string of the molecule is COC(=O)c1ccccc1NC(=O)c1cc(C)c(Br)s1. The minimum absolute atomic E-state index is 0.250. The number of halogens is 1. The third kappa shape index (κ3) is 3.08. The molecule has 0 fully saturated rings. The first kappa shape index (κ1) is 14.7. The molecule has 2 rings (SSSR count). The number of methoxy groups -OCH3 is 1. The van der Waals surface area contributed by atoms with Crippen molar-refractivity contribution in [3.8, 4) is 0 Å². The predicted molar refractivity (Wildman–Crippen MR) is 82.5 cm³/mol. The second kappa shape index (κ2) is 6.19. The van der Waals surface area contributed by atoms with Gasteiger partial charge >= 0.3 is 5.97 Å². The van der Waals surface area contributed by atoms with Gasteiger partial charge in [-0.2, -0.15) is 0 Å². The van der Waals surface area contributed by atoms with Crippen molar-refractivity contribution in [1.82, 2.24) is 0 Å². The van der Waals surface area contributed by atoms with Crippen LogP contribution in [-0.2, 0) is 4.74 Å². The molecule has 0 saturated carbocycles. The lowest BCUT2D eigenvalue weighted by molar-refractivity contribution is 0.0602. The molecule has 1 aromatic carbocycles. The van der Waals surface area contributed by atoms with Crippen molar-refractivity contribution in [2.75, 3.05) is 12.4 Å². The molecule has 6 heteroatoms. The minimum atomic E-state index is -0.482. The number of carbonyl (C=O) groups excluding carboxylic acids is 2. The number of ether oxygens (including phenoxy) is 1. The van der Waals surface area contributed by atoms with Crippen molar-refractivity contribution in [1.29, 1.82) is 0 Å². The fourth-order valence-corrected chi connectivity index (χ4v) is 3.07. The number of amides is 1.